The lowest BCUT2D eigenvalue weighted by atomic mass is 10.2. The molecule has 0 aliphatic carbocycles. The summed E-state index contributed by atoms with van der Waals surface area (Å²) in [6.07, 6.45) is 0.710. The van der Waals surface area contributed by atoms with Gasteiger partial charge in [-0.15, -0.1) is 5.10 Å². The van der Waals surface area contributed by atoms with Crippen molar-refractivity contribution in [2.45, 2.75) is 26.4 Å². The van der Waals surface area contributed by atoms with Crippen molar-refractivity contribution in [1.29, 1.82) is 0 Å². The largest absolute Gasteiger partial charge is 0.396 e. The third-order valence-corrected chi connectivity index (χ3v) is 3.95. The summed E-state index contributed by atoms with van der Waals surface area (Å²) in [4.78, 5) is 4.30. The number of pyridine rings is 1. The number of ether oxygens (including phenoxy) is 1. The second-order valence-electron chi connectivity index (χ2n) is 5.11. The molecule has 114 valence electrons. The first kappa shape index (κ1) is 14.0. The molecule has 0 saturated heterocycles. The van der Waals surface area contributed by atoms with Crippen LogP contribution in [0.15, 0.2) is 6.07 Å². The van der Waals surface area contributed by atoms with E-state index in [0.717, 1.165) is 17.1 Å². The number of fused-ring (bicyclic) bond motifs is 2. The molecule has 8 nitrogen and oxygen atoms in total. The van der Waals surface area contributed by atoms with Gasteiger partial charge in [0.25, 0.3) is 0 Å². The van der Waals surface area contributed by atoms with E-state index in [4.69, 9.17) is 4.74 Å². The van der Waals surface area contributed by atoms with Gasteiger partial charge in [0.2, 0.25) is 0 Å². The first-order valence-electron chi connectivity index (χ1n) is 7.08. The average Bonchev–Trinajstić information content (AvgIpc) is 3.03. The Morgan fingerprint density at radius 3 is 2.95 bits per heavy atom. The maximum atomic E-state index is 9.35. The molecule has 1 aliphatic rings. The lowest BCUT2D eigenvalue weighted by Crippen LogP contribution is -2.43. The smallest absolute Gasteiger partial charge is 0.181 e. The van der Waals surface area contributed by atoms with Gasteiger partial charge in [-0.05, 0) is 24.3 Å². The van der Waals surface area contributed by atoms with E-state index in [-0.39, 0.29) is 12.8 Å². The molecule has 21 heavy (non-hydrogen) atoms. The van der Waals surface area contributed by atoms with Crippen LogP contribution in [-0.4, -0.2) is 58.3 Å². The molecule has 2 aromatic rings. The topological polar surface area (TPSA) is 79.0 Å². The summed E-state index contributed by atoms with van der Waals surface area (Å²) in [7, 11) is 2.02. The molecular formula is C13H20N6O2. The minimum absolute atomic E-state index is 0.0651. The third-order valence-electron chi connectivity index (χ3n) is 3.95. The molecule has 8 heteroatoms. The monoisotopic (exact) mass is 292 g/mol. The number of rotatable bonds is 5. The molecule has 0 bridgehead atoms. The number of aromatic nitrogens is 4. The maximum absolute atomic E-state index is 9.35. The second-order valence-corrected chi connectivity index (χ2v) is 5.11. The van der Waals surface area contributed by atoms with Crippen LogP contribution in [0.3, 0.4) is 0 Å². The fourth-order valence-corrected chi connectivity index (χ4v) is 2.98. The summed E-state index contributed by atoms with van der Waals surface area (Å²) < 4.78 is 7.32. The summed E-state index contributed by atoms with van der Waals surface area (Å²) in [5, 5.41) is 21.1. The SMILES string of the molecule is CCOCN1c2cc3nnnn3c(C)c2N(C)C1CCO. The van der Waals surface area contributed by atoms with Crippen molar-refractivity contribution in [3.63, 3.8) is 0 Å². The number of hydrogen-bond acceptors (Lipinski definition) is 7. The molecule has 2 aromatic heterocycles. The Morgan fingerprint density at radius 1 is 1.43 bits per heavy atom. The van der Waals surface area contributed by atoms with E-state index in [0.29, 0.717) is 25.4 Å². The van der Waals surface area contributed by atoms with Gasteiger partial charge >= 0.3 is 0 Å². The Bertz CT molecular complexity index is 643. The highest BCUT2D eigenvalue weighted by Gasteiger charge is 2.35. The molecular weight excluding hydrogens is 272 g/mol. The number of aryl methyl sites for hydroxylation is 1. The van der Waals surface area contributed by atoms with Gasteiger partial charge in [-0.2, -0.15) is 4.52 Å². The molecule has 0 aromatic carbocycles. The highest BCUT2D eigenvalue weighted by atomic mass is 16.5. The summed E-state index contributed by atoms with van der Waals surface area (Å²) in [5.41, 5.74) is 3.82. The lowest BCUT2D eigenvalue weighted by Gasteiger charge is -2.30. The Morgan fingerprint density at radius 2 is 2.24 bits per heavy atom. The number of aliphatic hydroxyl groups is 1. The molecule has 0 spiro atoms. The molecule has 0 amide bonds. The number of tetrazole rings is 1. The van der Waals surface area contributed by atoms with Crippen molar-refractivity contribution < 1.29 is 9.84 Å². The molecule has 0 fully saturated rings. The highest BCUT2D eigenvalue weighted by Crippen LogP contribution is 2.42. The summed E-state index contributed by atoms with van der Waals surface area (Å²) in [6, 6.07) is 1.97. The Hall–Kier alpha value is -1.93. The normalized spacial score (nSPS) is 17.8. The molecule has 0 saturated carbocycles. The Balaban J connectivity index is 2.10. The molecule has 1 aliphatic heterocycles. The molecule has 3 heterocycles. The molecule has 1 unspecified atom stereocenters. The molecule has 3 rings (SSSR count). The molecule has 0 radical (unpaired) electrons. The summed E-state index contributed by atoms with van der Waals surface area (Å²) >= 11 is 0. The zero-order valence-electron chi connectivity index (χ0n) is 12.5. The van der Waals surface area contributed by atoms with Gasteiger partial charge in [0, 0.05) is 32.7 Å². The second kappa shape index (κ2) is 5.45. The summed E-state index contributed by atoms with van der Waals surface area (Å²) in [5.74, 6) is 0. The van der Waals surface area contributed by atoms with Crippen LogP contribution < -0.4 is 9.80 Å². The van der Waals surface area contributed by atoms with Gasteiger partial charge in [-0.1, -0.05) is 0 Å². The first-order chi connectivity index (χ1) is 10.2. The Kier molecular flexibility index (Phi) is 3.64. The lowest BCUT2D eigenvalue weighted by molar-refractivity contribution is 0.139. The van der Waals surface area contributed by atoms with Gasteiger partial charge < -0.3 is 19.6 Å². The van der Waals surface area contributed by atoms with Crippen molar-refractivity contribution in [2.24, 2.45) is 0 Å². The number of nitrogens with zero attached hydrogens (tertiary/aromatic N) is 6. The van der Waals surface area contributed by atoms with E-state index in [9.17, 15) is 5.11 Å². The van der Waals surface area contributed by atoms with E-state index < -0.39 is 0 Å². The van der Waals surface area contributed by atoms with Gasteiger partial charge in [0.1, 0.15) is 12.9 Å². The third kappa shape index (κ3) is 2.11. The molecule has 1 atom stereocenters. The van der Waals surface area contributed by atoms with Gasteiger partial charge in [0.05, 0.1) is 17.1 Å². The average molecular weight is 292 g/mol. The van der Waals surface area contributed by atoms with Crippen LogP contribution in [0.25, 0.3) is 5.65 Å². The van der Waals surface area contributed by atoms with Crippen LogP contribution in [0.2, 0.25) is 0 Å². The van der Waals surface area contributed by atoms with Crippen LogP contribution in [0.4, 0.5) is 11.4 Å². The van der Waals surface area contributed by atoms with Crippen LogP contribution in [0, 0.1) is 6.92 Å². The van der Waals surface area contributed by atoms with Gasteiger partial charge in [-0.25, -0.2) is 0 Å². The highest BCUT2D eigenvalue weighted by molar-refractivity contribution is 5.82. The fourth-order valence-electron chi connectivity index (χ4n) is 2.98. The van der Waals surface area contributed by atoms with E-state index >= 15 is 0 Å². The first-order valence-corrected chi connectivity index (χ1v) is 7.08. The maximum Gasteiger partial charge on any atom is 0.181 e. The van der Waals surface area contributed by atoms with E-state index in [1.807, 2.05) is 27.0 Å². The predicted octanol–water partition coefficient (Wildman–Crippen LogP) is 0.391. The van der Waals surface area contributed by atoms with Crippen LogP contribution in [0.1, 0.15) is 19.0 Å². The van der Waals surface area contributed by atoms with Crippen LogP contribution >= 0.6 is 0 Å². The summed E-state index contributed by atoms with van der Waals surface area (Å²) in [6.45, 7) is 5.23. The van der Waals surface area contributed by atoms with Crippen molar-refractivity contribution in [1.82, 2.24) is 20.0 Å². The minimum Gasteiger partial charge on any atom is -0.396 e. The zero-order chi connectivity index (χ0) is 15.0. The minimum atomic E-state index is 0.0651. The van der Waals surface area contributed by atoms with E-state index in [1.54, 1.807) is 4.52 Å². The van der Waals surface area contributed by atoms with E-state index in [1.165, 1.54) is 0 Å². The predicted molar refractivity (Wildman–Crippen MR) is 78.4 cm³/mol. The van der Waals surface area contributed by atoms with Crippen molar-refractivity contribution in [3.8, 4) is 0 Å². The van der Waals surface area contributed by atoms with Gasteiger partial charge in [0.15, 0.2) is 5.65 Å². The number of anilines is 2. The molecule has 1 N–H and O–H groups in total. The number of hydrogen-bond donors (Lipinski definition) is 1. The fraction of sp³-hybridized carbons (Fsp3) is 0.615. The van der Waals surface area contributed by atoms with Crippen molar-refractivity contribution in [3.05, 3.63) is 11.8 Å². The van der Waals surface area contributed by atoms with Crippen LogP contribution in [0.5, 0.6) is 0 Å². The van der Waals surface area contributed by atoms with Gasteiger partial charge in [-0.3, -0.25) is 0 Å². The van der Waals surface area contributed by atoms with E-state index in [2.05, 4.69) is 25.3 Å². The number of aliphatic hydroxyl groups excluding tert-OH is 1. The zero-order valence-corrected chi connectivity index (χ0v) is 12.5. The Labute approximate surface area is 122 Å². The quantitative estimate of drug-likeness (QED) is 0.854. The van der Waals surface area contributed by atoms with Crippen LogP contribution in [-0.2, 0) is 4.74 Å². The van der Waals surface area contributed by atoms with Crippen molar-refractivity contribution >= 4 is 17.0 Å². The van der Waals surface area contributed by atoms with Crippen molar-refractivity contribution in [2.75, 3.05) is 36.8 Å². The standard InChI is InChI=1S/C13H20N6O2/c1-4-21-8-18-10-7-11-14-15-16-19(11)9(2)13(10)17(3)12(18)5-6-20/h7,12,20H,4-6,8H2,1-3H3.